The molecule has 0 aliphatic carbocycles. The van der Waals surface area contributed by atoms with E-state index >= 15 is 0 Å². The number of hydrogen-bond acceptors (Lipinski definition) is 3. The molecule has 12 aromatic carbocycles. The Morgan fingerprint density at radius 2 is 0.703 bits per heavy atom. The molecule has 0 amide bonds. The summed E-state index contributed by atoms with van der Waals surface area (Å²) in [6, 6.07) is 98.8. The van der Waals surface area contributed by atoms with Crippen molar-refractivity contribution in [2.75, 3.05) is 0 Å². The quantitative estimate of drug-likeness (QED) is 0.152. The first-order chi connectivity index (χ1) is 44.4. The van der Waals surface area contributed by atoms with Crippen molar-refractivity contribution in [2.45, 2.75) is 52.4 Å². The first kappa shape index (κ1) is 53.7. The maximum atomic E-state index is 12.7. The average molecular weight is 1170 g/mol. The summed E-state index contributed by atoms with van der Waals surface area (Å²) in [5.41, 5.74) is 25.4. The van der Waals surface area contributed by atoms with Gasteiger partial charge < -0.3 is 4.57 Å². The van der Waals surface area contributed by atoms with Crippen molar-refractivity contribution in [3.8, 4) is 78.8 Å². The largest absolute Gasteiger partial charge is 0.309 e. The van der Waals surface area contributed by atoms with Gasteiger partial charge in [-0.25, -0.2) is 9.97 Å². The first-order valence-corrected chi connectivity index (χ1v) is 31.3. The molecule has 17 rings (SSSR count). The zero-order chi connectivity index (χ0) is 61.4. The van der Waals surface area contributed by atoms with E-state index in [0.717, 1.165) is 139 Å². The predicted octanol–water partition coefficient (Wildman–Crippen LogP) is 21.1. The normalized spacial score (nSPS) is 12.3. The molecule has 0 bridgehead atoms. The lowest BCUT2D eigenvalue weighted by Gasteiger charge is -2.23. The van der Waals surface area contributed by atoms with E-state index in [2.05, 4.69) is 337 Å². The summed E-state index contributed by atoms with van der Waals surface area (Å²) >= 11 is 0. The second-order valence-corrected chi connectivity index (χ2v) is 26.2. The van der Waals surface area contributed by atoms with Crippen molar-refractivity contribution in [3.05, 3.63) is 284 Å². The number of aromatic nitrogens is 7. The van der Waals surface area contributed by atoms with Gasteiger partial charge in [0.1, 0.15) is 6.07 Å². The van der Waals surface area contributed by atoms with Crippen LogP contribution in [0.25, 0.3) is 150 Å². The number of hydrogen-bond donors (Lipinski definition) is 0. The van der Waals surface area contributed by atoms with Crippen LogP contribution in [0.3, 0.4) is 0 Å². The molecule has 0 fully saturated rings. The van der Waals surface area contributed by atoms with E-state index in [9.17, 15) is 5.26 Å². The van der Waals surface area contributed by atoms with Crippen LogP contribution in [0.15, 0.2) is 267 Å². The molecule has 5 aromatic heterocycles. The molecule has 91 heavy (non-hydrogen) atoms. The minimum Gasteiger partial charge on any atom is -0.309 e. The zero-order valence-corrected chi connectivity index (χ0v) is 51.5. The lowest BCUT2D eigenvalue weighted by molar-refractivity contribution is 0.590. The molecule has 8 heteroatoms. The van der Waals surface area contributed by atoms with E-state index in [-0.39, 0.29) is 10.8 Å². The molecule has 0 aliphatic rings. The molecule has 0 unspecified atom stereocenters. The minimum absolute atomic E-state index is 0.107. The van der Waals surface area contributed by atoms with Gasteiger partial charge in [0.05, 0.1) is 66.4 Å². The number of fused-ring (bicyclic) bond motifs is 13. The third-order valence-electron chi connectivity index (χ3n) is 18.6. The van der Waals surface area contributed by atoms with Gasteiger partial charge in [0.15, 0.2) is 0 Å². The third kappa shape index (κ3) is 8.49. The van der Waals surface area contributed by atoms with E-state index in [1.165, 1.54) is 21.9 Å². The van der Waals surface area contributed by atoms with Crippen molar-refractivity contribution in [3.63, 3.8) is 0 Å². The van der Waals surface area contributed by atoms with Crippen molar-refractivity contribution >= 4 is 77.5 Å². The van der Waals surface area contributed by atoms with Crippen LogP contribution in [-0.2, 0) is 10.8 Å². The Kier molecular flexibility index (Phi) is 12.0. The lowest BCUT2D eigenvalue weighted by Crippen LogP contribution is -2.10. The van der Waals surface area contributed by atoms with Crippen LogP contribution in [0, 0.1) is 11.3 Å². The van der Waals surface area contributed by atoms with Crippen LogP contribution in [-0.4, -0.2) is 32.5 Å². The summed E-state index contributed by atoms with van der Waals surface area (Å²) in [5, 5.41) is 15.0. The van der Waals surface area contributed by atoms with E-state index in [0.29, 0.717) is 5.56 Å². The van der Waals surface area contributed by atoms with Gasteiger partial charge in [0.25, 0.3) is 0 Å². The third-order valence-corrected chi connectivity index (χ3v) is 18.6. The minimum atomic E-state index is -0.107. The molecule has 0 radical (unpaired) electrons. The van der Waals surface area contributed by atoms with Gasteiger partial charge in [0.2, 0.25) is 11.6 Å². The van der Waals surface area contributed by atoms with Gasteiger partial charge in [-0.1, -0.05) is 205 Å². The summed E-state index contributed by atoms with van der Waals surface area (Å²) in [4.78, 5) is 10.8. The Hall–Kier alpha value is -11.5. The van der Waals surface area contributed by atoms with Crippen molar-refractivity contribution in [1.82, 2.24) is 32.5 Å². The maximum absolute atomic E-state index is 12.7. The molecule has 0 aliphatic heterocycles. The molecule has 0 atom stereocenters. The number of nitrogens with zero attached hydrogens (tertiary/aromatic N) is 8. The second-order valence-electron chi connectivity index (χ2n) is 26.2. The fraction of sp³-hybridized carbons (Fsp3) is 0.0964. The highest BCUT2D eigenvalue weighted by Gasteiger charge is 2.30. The van der Waals surface area contributed by atoms with Gasteiger partial charge in [0, 0.05) is 33.3 Å². The smallest absolute Gasteiger partial charge is 0.220 e. The van der Waals surface area contributed by atoms with Crippen molar-refractivity contribution in [2.24, 2.45) is 0 Å². The predicted molar refractivity (Wildman–Crippen MR) is 376 cm³/mol. The van der Waals surface area contributed by atoms with Crippen LogP contribution >= 0.6 is 0 Å². The van der Waals surface area contributed by atoms with Crippen molar-refractivity contribution in [1.29, 1.82) is 5.26 Å². The molecule has 0 N–H and O–H groups in total. The van der Waals surface area contributed by atoms with E-state index in [4.69, 9.17) is 9.97 Å². The van der Waals surface area contributed by atoms with Crippen LogP contribution in [0.4, 0.5) is 0 Å². The molecular weight excluding hydrogens is 1110 g/mol. The Balaban J connectivity index is 1.02. The molecule has 5 heterocycles. The highest BCUT2D eigenvalue weighted by molar-refractivity contribution is 6.12. The number of benzene rings is 12. The monoisotopic (exact) mass is 1170 g/mol. The highest BCUT2D eigenvalue weighted by atomic mass is 15.2. The summed E-state index contributed by atoms with van der Waals surface area (Å²) in [6.07, 6.45) is 0. The van der Waals surface area contributed by atoms with Gasteiger partial charge in [-0.05, 0) is 170 Å². The van der Waals surface area contributed by atoms with E-state index < -0.39 is 0 Å². The first-order valence-electron chi connectivity index (χ1n) is 31.3. The zero-order valence-electron chi connectivity index (χ0n) is 51.5. The van der Waals surface area contributed by atoms with Crippen LogP contribution < -0.4 is 0 Å². The molecular formula is C83H62N8. The van der Waals surface area contributed by atoms with Gasteiger partial charge >= 0.3 is 0 Å². The Morgan fingerprint density at radius 1 is 0.319 bits per heavy atom. The van der Waals surface area contributed by atoms with Crippen LogP contribution in [0.5, 0.6) is 0 Å². The summed E-state index contributed by atoms with van der Waals surface area (Å²) < 4.78 is 11.6. The van der Waals surface area contributed by atoms with Gasteiger partial charge in [-0.2, -0.15) is 5.26 Å². The fourth-order valence-corrected chi connectivity index (χ4v) is 14.1. The number of para-hydroxylation sites is 2. The molecule has 434 valence electrons. The molecule has 0 saturated heterocycles. The molecule has 17 aromatic rings. The summed E-state index contributed by atoms with van der Waals surface area (Å²) in [6.45, 7) is 13.7. The number of rotatable bonds is 8. The standard InChI is InChI=1S/C83H62N8/c1-82(2,3)59-36-42-69-64(48-59)65-49-60(83(4,5)6)37-43-70(65)89(69)77-50-63(54-26-16-9-17-27-54)78(57-34-40-71-75(46-57)90-73-44-55(52-22-12-7-13-23-52)32-38-67(73)85-80(90)87(71)61-28-18-10-19-29-61)66(51-84)79(77)58-35-41-72-76(47-58)91-74-45-56(53-24-14-8-15-25-53)33-39-68(74)86-81(91)88(72)62-30-20-11-21-31-62/h7-50H,1-6H3. The number of nitriles is 1. The Morgan fingerprint density at radius 3 is 1.13 bits per heavy atom. The molecule has 0 spiro atoms. The van der Waals surface area contributed by atoms with Gasteiger partial charge in [-0.15, -0.1) is 0 Å². The van der Waals surface area contributed by atoms with Crippen LogP contribution in [0.1, 0.15) is 58.2 Å². The summed E-state index contributed by atoms with van der Waals surface area (Å²) in [7, 11) is 0. The average Bonchev–Trinajstić information content (AvgIpc) is 1.65. The Labute approximate surface area is 527 Å². The fourth-order valence-electron chi connectivity index (χ4n) is 14.1. The van der Waals surface area contributed by atoms with E-state index in [1.807, 2.05) is 0 Å². The second kappa shape index (κ2) is 20.3. The highest BCUT2D eigenvalue weighted by Crippen LogP contribution is 2.49. The maximum Gasteiger partial charge on any atom is 0.220 e. The van der Waals surface area contributed by atoms with Gasteiger partial charge in [-0.3, -0.25) is 17.9 Å². The van der Waals surface area contributed by atoms with Crippen LogP contribution in [0.2, 0.25) is 0 Å². The Bertz CT molecular complexity index is 5750. The topological polar surface area (TPSA) is 73.2 Å². The molecule has 8 nitrogen and oxygen atoms in total. The summed E-state index contributed by atoms with van der Waals surface area (Å²) in [5.74, 6) is 1.61. The number of imidazole rings is 4. The SMILES string of the molecule is CC(C)(C)c1ccc2c(c1)c1cc(C(C)(C)C)ccc1n2-c1cc(-c2ccccc2)c(-c2ccc3c(c2)n2c4cc(-c5ccccc5)ccc4nc2n3-c2ccccc2)c(C#N)c1-c1ccc2c(c1)n1c3cc(-c4ccccc4)ccc3nc1n2-c1ccccc1. The lowest BCUT2D eigenvalue weighted by atomic mass is 9.84. The van der Waals surface area contributed by atoms with Crippen molar-refractivity contribution < 1.29 is 0 Å². The molecule has 0 saturated carbocycles. The van der Waals surface area contributed by atoms with E-state index in [1.54, 1.807) is 0 Å².